The first-order chi connectivity index (χ1) is 35.3. The second-order valence-electron chi connectivity index (χ2n) is 17.3. The Morgan fingerprint density at radius 1 is 0.197 bits per heavy atom. The summed E-state index contributed by atoms with van der Waals surface area (Å²) in [5, 5.41) is 0. The first-order valence-corrected chi connectivity index (χ1v) is 24.2. The molecule has 11 rings (SSSR count). The lowest BCUT2D eigenvalue weighted by Gasteiger charge is -2.49. The van der Waals surface area contributed by atoms with Crippen LogP contribution in [0.15, 0.2) is 315 Å². The van der Waals surface area contributed by atoms with Crippen molar-refractivity contribution in [2.24, 2.45) is 0 Å². The van der Waals surface area contributed by atoms with Crippen molar-refractivity contribution in [3.63, 3.8) is 0 Å². The van der Waals surface area contributed by atoms with Gasteiger partial charge in [-0.2, -0.15) is 0 Å². The SMILES string of the molecule is c1ccc(N(c2ccccc2)c2ccc(C(c3ccccc3)(c3ccccc3)N(c3ccccc3)c3ccccc3)c(N(c3ccccc3)c3ccccc3)c2N(c2ccccc2)c2ccccc2)cc1. The zero-order valence-corrected chi connectivity index (χ0v) is 39.3. The van der Waals surface area contributed by atoms with Gasteiger partial charge in [0.25, 0.3) is 0 Å². The lowest BCUT2D eigenvalue weighted by molar-refractivity contribution is 0.627. The molecule has 0 atom stereocenters. The largest absolute Gasteiger partial charge is 0.323 e. The predicted octanol–water partition coefficient (Wildman–Crippen LogP) is 18.2. The van der Waals surface area contributed by atoms with Crippen LogP contribution in [0.1, 0.15) is 16.7 Å². The Balaban J connectivity index is 1.43. The highest BCUT2D eigenvalue weighted by Gasteiger charge is 2.48. The van der Waals surface area contributed by atoms with Crippen LogP contribution in [-0.4, -0.2) is 0 Å². The Morgan fingerprint density at radius 3 is 0.732 bits per heavy atom. The van der Waals surface area contributed by atoms with Gasteiger partial charge in [-0.3, -0.25) is 0 Å². The number of hydrogen-bond acceptors (Lipinski definition) is 4. The maximum absolute atomic E-state index is 2.55. The summed E-state index contributed by atoms with van der Waals surface area (Å²) in [6.07, 6.45) is 0. The van der Waals surface area contributed by atoms with Gasteiger partial charge in [-0.15, -0.1) is 0 Å². The highest BCUT2D eigenvalue weighted by atomic mass is 15.3. The maximum atomic E-state index is 2.55. The predicted molar refractivity (Wildman–Crippen MR) is 298 cm³/mol. The molecule has 11 aromatic carbocycles. The fraction of sp³-hybridized carbons (Fsp3) is 0.0149. The van der Waals surface area contributed by atoms with Gasteiger partial charge in [0.05, 0.1) is 17.1 Å². The van der Waals surface area contributed by atoms with Crippen LogP contribution >= 0.6 is 0 Å². The molecule has 4 nitrogen and oxygen atoms in total. The van der Waals surface area contributed by atoms with E-state index in [4.69, 9.17) is 0 Å². The van der Waals surface area contributed by atoms with Crippen LogP contribution in [0.5, 0.6) is 0 Å². The molecule has 11 aromatic rings. The van der Waals surface area contributed by atoms with Crippen molar-refractivity contribution >= 4 is 62.6 Å². The van der Waals surface area contributed by atoms with Crippen LogP contribution < -0.4 is 19.6 Å². The molecular formula is C67H52N4. The molecule has 0 saturated carbocycles. The zero-order valence-electron chi connectivity index (χ0n) is 39.3. The Kier molecular flexibility index (Phi) is 12.7. The Hall–Kier alpha value is -9.38. The van der Waals surface area contributed by atoms with E-state index in [0.717, 1.165) is 79.3 Å². The monoisotopic (exact) mass is 912 g/mol. The van der Waals surface area contributed by atoms with E-state index >= 15 is 0 Å². The highest BCUT2D eigenvalue weighted by Crippen LogP contribution is 2.60. The van der Waals surface area contributed by atoms with Gasteiger partial charge >= 0.3 is 0 Å². The van der Waals surface area contributed by atoms with Crippen LogP contribution in [0.25, 0.3) is 0 Å². The third-order valence-corrected chi connectivity index (χ3v) is 13.0. The molecular weight excluding hydrogens is 861 g/mol. The molecule has 0 N–H and O–H groups in total. The van der Waals surface area contributed by atoms with E-state index in [1.165, 1.54) is 0 Å². The summed E-state index contributed by atoms with van der Waals surface area (Å²) in [5.41, 5.74) is 13.3. The summed E-state index contributed by atoms with van der Waals surface area (Å²) < 4.78 is 0. The smallest absolute Gasteiger partial charge is 0.123 e. The van der Waals surface area contributed by atoms with Crippen molar-refractivity contribution in [2.75, 3.05) is 19.6 Å². The minimum Gasteiger partial charge on any atom is -0.323 e. The second kappa shape index (κ2) is 20.5. The van der Waals surface area contributed by atoms with Crippen molar-refractivity contribution in [1.29, 1.82) is 0 Å². The van der Waals surface area contributed by atoms with Crippen molar-refractivity contribution in [3.8, 4) is 0 Å². The number of rotatable bonds is 15. The molecule has 340 valence electrons. The van der Waals surface area contributed by atoms with E-state index in [9.17, 15) is 0 Å². The number of hydrogen-bond donors (Lipinski definition) is 0. The van der Waals surface area contributed by atoms with E-state index < -0.39 is 5.54 Å². The molecule has 71 heavy (non-hydrogen) atoms. The van der Waals surface area contributed by atoms with Crippen molar-refractivity contribution in [1.82, 2.24) is 0 Å². The van der Waals surface area contributed by atoms with E-state index in [2.05, 4.69) is 335 Å². The fourth-order valence-corrected chi connectivity index (χ4v) is 10.1. The van der Waals surface area contributed by atoms with Gasteiger partial charge in [-0.1, -0.05) is 212 Å². The molecule has 0 aliphatic heterocycles. The number of benzene rings is 11. The van der Waals surface area contributed by atoms with Gasteiger partial charge in [-0.05, 0) is 114 Å². The van der Waals surface area contributed by atoms with E-state index in [0.29, 0.717) is 0 Å². The van der Waals surface area contributed by atoms with Gasteiger partial charge in [-0.25, -0.2) is 0 Å². The van der Waals surface area contributed by atoms with E-state index in [1.54, 1.807) is 0 Å². The Labute approximate surface area is 417 Å². The Bertz CT molecular complexity index is 3190. The van der Waals surface area contributed by atoms with Crippen LogP contribution in [-0.2, 0) is 5.54 Å². The molecule has 0 aliphatic rings. The summed E-state index contributed by atoms with van der Waals surface area (Å²) in [6, 6.07) is 113. The van der Waals surface area contributed by atoms with Gasteiger partial charge in [0.15, 0.2) is 0 Å². The lowest BCUT2D eigenvalue weighted by Crippen LogP contribution is -2.46. The summed E-state index contributed by atoms with van der Waals surface area (Å²) in [4.78, 5) is 9.91. The molecule has 0 amide bonds. The van der Waals surface area contributed by atoms with Crippen LogP contribution in [0.2, 0.25) is 0 Å². The number of para-hydroxylation sites is 8. The van der Waals surface area contributed by atoms with Crippen molar-refractivity contribution in [3.05, 3.63) is 332 Å². The maximum Gasteiger partial charge on any atom is 0.123 e. The summed E-state index contributed by atoms with van der Waals surface area (Å²) >= 11 is 0. The van der Waals surface area contributed by atoms with Crippen LogP contribution in [0, 0.1) is 0 Å². The van der Waals surface area contributed by atoms with Gasteiger partial charge < -0.3 is 19.6 Å². The molecule has 0 aromatic heterocycles. The third-order valence-electron chi connectivity index (χ3n) is 13.0. The standard InChI is InChI=1S/C67H52N4/c1-11-31-53(32-12-1)67(54-33-13-2-14-34-54,71(61-47-27-9-28-48-61)62-49-29-10-30-50-62)63-51-52-64(68(55-35-15-3-16-36-55)56-37-17-4-18-38-56)66(70(59-43-23-7-24-44-59)60-45-25-8-26-46-60)65(63)69(57-39-19-5-20-40-57)58-41-21-6-22-42-58/h1-52H. The molecule has 0 saturated heterocycles. The molecule has 0 heterocycles. The minimum absolute atomic E-state index is 0.970. The molecule has 0 unspecified atom stereocenters. The molecule has 0 fully saturated rings. The van der Waals surface area contributed by atoms with Crippen LogP contribution in [0.3, 0.4) is 0 Å². The number of nitrogens with zero attached hydrogens (tertiary/aromatic N) is 4. The van der Waals surface area contributed by atoms with E-state index in [-0.39, 0.29) is 0 Å². The fourth-order valence-electron chi connectivity index (χ4n) is 10.1. The molecule has 4 heteroatoms. The van der Waals surface area contributed by atoms with Gasteiger partial charge in [0.1, 0.15) is 5.54 Å². The van der Waals surface area contributed by atoms with Crippen LogP contribution in [0.4, 0.5) is 62.6 Å². The average Bonchev–Trinajstić information content (AvgIpc) is 3.46. The lowest BCUT2D eigenvalue weighted by atomic mass is 9.73. The van der Waals surface area contributed by atoms with Crippen molar-refractivity contribution < 1.29 is 0 Å². The van der Waals surface area contributed by atoms with Crippen molar-refractivity contribution in [2.45, 2.75) is 5.54 Å². The average molecular weight is 913 g/mol. The first-order valence-electron chi connectivity index (χ1n) is 24.2. The van der Waals surface area contributed by atoms with Gasteiger partial charge in [0.2, 0.25) is 0 Å². The normalized spacial score (nSPS) is 11.1. The topological polar surface area (TPSA) is 13.0 Å². The minimum atomic E-state index is -1.06. The highest BCUT2D eigenvalue weighted by molar-refractivity contribution is 6.03. The van der Waals surface area contributed by atoms with Gasteiger partial charge in [0, 0.05) is 51.1 Å². The zero-order chi connectivity index (χ0) is 47.7. The Morgan fingerprint density at radius 2 is 0.437 bits per heavy atom. The first kappa shape index (κ1) is 44.1. The third kappa shape index (κ3) is 8.60. The number of anilines is 11. The molecule has 0 spiro atoms. The summed E-state index contributed by atoms with van der Waals surface area (Å²) in [7, 11) is 0. The molecule has 0 aliphatic carbocycles. The quantitative estimate of drug-likeness (QED) is 0.0950. The summed E-state index contributed by atoms with van der Waals surface area (Å²) in [5.74, 6) is 0. The second-order valence-corrected chi connectivity index (χ2v) is 17.3. The molecule has 0 bridgehead atoms. The molecule has 0 radical (unpaired) electrons. The van der Waals surface area contributed by atoms with E-state index in [1.807, 2.05) is 0 Å². The summed E-state index contributed by atoms with van der Waals surface area (Å²) in [6.45, 7) is 0.